The third kappa shape index (κ3) is 2.90. The SMILES string of the molecule is C1CCC[C](C2CCCCS2)CC1. The van der Waals surface area contributed by atoms with Crippen LogP contribution in [0, 0.1) is 5.92 Å². The number of hydrogen-bond acceptors (Lipinski definition) is 1. The van der Waals surface area contributed by atoms with Gasteiger partial charge in [-0.15, -0.1) is 0 Å². The van der Waals surface area contributed by atoms with Gasteiger partial charge in [0, 0.05) is 5.25 Å². The summed E-state index contributed by atoms with van der Waals surface area (Å²) in [6, 6.07) is 0. The molecule has 1 unspecified atom stereocenters. The van der Waals surface area contributed by atoms with E-state index in [0.717, 1.165) is 5.25 Å². The fourth-order valence-corrected chi connectivity index (χ4v) is 4.03. The Labute approximate surface area is 86.9 Å². The second kappa shape index (κ2) is 5.29. The second-order valence-electron chi connectivity index (χ2n) is 4.43. The summed E-state index contributed by atoms with van der Waals surface area (Å²) in [4.78, 5) is 0. The maximum absolute atomic E-state index is 2.24. The van der Waals surface area contributed by atoms with Crippen molar-refractivity contribution in [2.75, 3.05) is 5.75 Å². The van der Waals surface area contributed by atoms with Crippen LogP contribution < -0.4 is 0 Å². The van der Waals surface area contributed by atoms with Crippen LogP contribution in [0.5, 0.6) is 0 Å². The van der Waals surface area contributed by atoms with Crippen LogP contribution in [0.2, 0.25) is 0 Å². The van der Waals surface area contributed by atoms with Crippen molar-refractivity contribution in [3.8, 4) is 0 Å². The summed E-state index contributed by atoms with van der Waals surface area (Å²) in [6.07, 6.45) is 13.3. The van der Waals surface area contributed by atoms with Crippen molar-refractivity contribution in [2.24, 2.45) is 0 Å². The fraction of sp³-hybridized carbons (Fsp3) is 0.917. The Morgan fingerprint density at radius 3 is 2.23 bits per heavy atom. The molecule has 0 aromatic heterocycles. The lowest BCUT2D eigenvalue weighted by molar-refractivity contribution is 0.602. The molecule has 1 atom stereocenters. The van der Waals surface area contributed by atoms with Crippen LogP contribution in [0.1, 0.15) is 57.8 Å². The lowest BCUT2D eigenvalue weighted by Crippen LogP contribution is -2.18. The summed E-state index contributed by atoms with van der Waals surface area (Å²) >= 11 is 2.24. The van der Waals surface area contributed by atoms with E-state index in [4.69, 9.17) is 0 Å². The molecule has 75 valence electrons. The standard InChI is InChI=1S/C12H21S/c1-2-4-8-11(7-3-1)12-9-5-6-10-13-12/h12H,1-10H2. The summed E-state index contributed by atoms with van der Waals surface area (Å²) in [7, 11) is 0. The zero-order valence-electron chi connectivity index (χ0n) is 8.56. The molecule has 1 heterocycles. The topological polar surface area (TPSA) is 0 Å². The monoisotopic (exact) mass is 197 g/mol. The van der Waals surface area contributed by atoms with Gasteiger partial charge >= 0.3 is 0 Å². The first kappa shape index (κ1) is 9.89. The van der Waals surface area contributed by atoms with Gasteiger partial charge in [-0.2, -0.15) is 11.8 Å². The summed E-state index contributed by atoms with van der Waals surface area (Å²) in [6.45, 7) is 0. The summed E-state index contributed by atoms with van der Waals surface area (Å²) in [5.74, 6) is 3.34. The largest absolute Gasteiger partial charge is 0.158 e. The van der Waals surface area contributed by atoms with Gasteiger partial charge in [-0.05, 0) is 37.4 Å². The summed E-state index contributed by atoms with van der Waals surface area (Å²) < 4.78 is 0. The number of hydrogen-bond donors (Lipinski definition) is 0. The van der Waals surface area contributed by atoms with E-state index in [-0.39, 0.29) is 0 Å². The van der Waals surface area contributed by atoms with Gasteiger partial charge in [-0.25, -0.2) is 0 Å². The maximum Gasteiger partial charge on any atom is 0.0109 e. The third-order valence-electron chi connectivity index (χ3n) is 3.38. The van der Waals surface area contributed by atoms with Gasteiger partial charge in [0.15, 0.2) is 0 Å². The average Bonchev–Trinajstić information content (AvgIpc) is 2.47. The molecule has 1 aliphatic carbocycles. The zero-order chi connectivity index (χ0) is 8.93. The van der Waals surface area contributed by atoms with E-state index in [9.17, 15) is 0 Å². The lowest BCUT2D eigenvalue weighted by Gasteiger charge is -2.28. The van der Waals surface area contributed by atoms with Crippen LogP contribution in [-0.4, -0.2) is 11.0 Å². The van der Waals surface area contributed by atoms with Crippen LogP contribution >= 0.6 is 11.8 Å². The van der Waals surface area contributed by atoms with Crippen molar-refractivity contribution in [1.82, 2.24) is 0 Å². The van der Waals surface area contributed by atoms with E-state index in [1.165, 1.54) is 63.5 Å². The summed E-state index contributed by atoms with van der Waals surface area (Å²) in [5.41, 5.74) is 0. The normalized spacial score (nSPS) is 32.8. The van der Waals surface area contributed by atoms with Gasteiger partial charge in [0.05, 0.1) is 0 Å². The Morgan fingerprint density at radius 1 is 0.846 bits per heavy atom. The Balaban J connectivity index is 1.82. The Morgan fingerprint density at radius 2 is 1.62 bits per heavy atom. The highest BCUT2D eigenvalue weighted by Crippen LogP contribution is 2.38. The van der Waals surface area contributed by atoms with Crippen LogP contribution in [0.4, 0.5) is 0 Å². The van der Waals surface area contributed by atoms with Crippen LogP contribution in [0.15, 0.2) is 0 Å². The number of rotatable bonds is 1. The molecule has 0 nitrogen and oxygen atoms in total. The molecule has 0 spiro atoms. The highest BCUT2D eigenvalue weighted by molar-refractivity contribution is 8.00. The molecule has 13 heavy (non-hydrogen) atoms. The van der Waals surface area contributed by atoms with Crippen molar-refractivity contribution in [2.45, 2.75) is 63.0 Å². The molecular formula is C12H21S. The predicted molar refractivity (Wildman–Crippen MR) is 61.0 cm³/mol. The molecule has 2 fully saturated rings. The third-order valence-corrected chi connectivity index (χ3v) is 4.88. The molecule has 2 rings (SSSR count). The van der Waals surface area contributed by atoms with Gasteiger partial charge in [-0.1, -0.05) is 32.1 Å². The molecule has 1 radical (unpaired) electrons. The quantitative estimate of drug-likeness (QED) is 0.568. The van der Waals surface area contributed by atoms with E-state index >= 15 is 0 Å². The summed E-state index contributed by atoms with van der Waals surface area (Å²) in [5, 5.41) is 0.965. The molecule has 0 amide bonds. The predicted octanol–water partition coefficient (Wildman–Crippen LogP) is 4.20. The van der Waals surface area contributed by atoms with E-state index < -0.39 is 0 Å². The smallest absolute Gasteiger partial charge is 0.0109 e. The van der Waals surface area contributed by atoms with Crippen LogP contribution in [-0.2, 0) is 0 Å². The average molecular weight is 197 g/mol. The van der Waals surface area contributed by atoms with E-state index in [2.05, 4.69) is 11.8 Å². The minimum atomic E-state index is 0.965. The molecule has 1 saturated heterocycles. The van der Waals surface area contributed by atoms with E-state index in [0.29, 0.717) is 0 Å². The number of thioether (sulfide) groups is 1. The van der Waals surface area contributed by atoms with Crippen molar-refractivity contribution in [1.29, 1.82) is 0 Å². The van der Waals surface area contributed by atoms with E-state index in [1.807, 2.05) is 5.92 Å². The second-order valence-corrected chi connectivity index (χ2v) is 5.74. The highest BCUT2D eigenvalue weighted by atomic mass is 32.2. The van der Waals surface area contributed by atoms with Crippen molar-refractivity contribution in [3.63, 3.8) is 0 Å². The van der Waals surface area contributed by atoms with Gasteiger partial charge in [0.1, 0.15) is 0 Å². The minimum absolute atomic E-state index is 0.965. The molecule has 0 aromatic carbocycles. The van der Waals surface area contributed by atoms with Crippen molar-refractivity contribution >= 4 is 11.8 Å². The van der Waals surface area contributed by atoms with E-state index in [1.54, 1.807) is 0 Å². The minimum Gasteiger partial charge on any atom is -0.158 e. The maximum atomic E-state index is 2.24. The molecule has 1 saturated carbocycles. The molecule has 2 aliphatic rings. The molecule has 0 N–H and O–H groups in total. The van der Waals surface area contributed by atoms with Gasteiger partial charge < -0.3 is 0 Å². The molecule has 0 bridgehead atoms. The first-order chi connectivity index (χ1) is 6.47. The van der Waals surface area contributed by atoms with Gasteiger partial charge in [0.2, 0.25) is 0 Å². The molecular weight excluding hydrogens is 176 g/mol. The van der Waals surface area contributed by atoms with Crippen LogP contribution in [0.25, 0.3) is 0 Å². The Kier molecular flexibility index (Phi) is 4.02. The fourth-order valence-electron chi connectivity index (χ4n) is 2.57. The Hall–Kier alpha value is 0.350. The molecule has 0 aromatic rings. The lowest BCUT2D eigenvalue weighted by atomic mass is 9.93. The van der Waals surface area contributed by atoms with Gasteiger partial charge in [-0.3, -0.25) is 0 Å². The van der Waals surface area contributed by atoms with Gasteiger partial charge in [0.25, 0.3) is 0 Å². The van der Waals surface area contributed by atoms with Crippen molar-refractivity contribution < 1.29 is 0 Å². The molecule has 1 aliphatic heterocycles. The first-order valence-electron chi connectivity index (χ1n) is 5.93. The van der Waals surface area contributed by atoms with Crippen molar-refractivity contribution in [3.05, 3.63) is 5.92 Å². The first-order valence-corrected chi connectivity index (χ1v) is 6.98. The van der Waals surface area contributed by atoms with Crippen LogP contribution in [0.3, 0.4) is 0 Å². The molecule has 1 heteroatoms. The highest BCUT2D eigenvalue weighted by Gasteiger charge is 2.24. The zero-order valence-corrected chi connectivity index (χ0v) is 9.37. The Bertz CT molecular complexity index is 130.